The molecule has 5 rings (SSSR count). The molecule has 3 heterocycles. The summed E-state index contributed by atoms with van der Waals surface area (Å²) >= 11 is 0. The molecule has 0 saturated heterocycles. The van der Waals surface area contributed by atoms with Gasteiger partial charge in [-0.3, -0.25) is 14.5 Å². The van der Waals surface area contributed by atoms with Gasteiger partial charge in [0.25, 0.3) is 5.91 Å². The van der Waals surface area contributed by atoms with E-state index in [1.54, 1.807) is 25.3 Å². The molecule has 246 valence electrons. The number of hydrogen-bond acceptors (Lipinski definition) is 7. The Labute approximate surface area is 274 Å². The number of aromatic nitrogens is 3. The number of aryl methyl sites for hydroxylation is 2. The first kappa shape index (κ1) is 33.3. The number of carbonyl (C=O) groups is 3. The predicted molar refractivity (Wildman–Crippen MR) is 181 cm³/mol. The molecule has 11 nitrogen and oxygen atoms in total. The molecule has 0 radical (unpaired) electrons. The molecule has 0 aliphatic carbocycles. The van der Waals surface area contributed by atoms with Gasteiger partial charge in [0.05, 0.1) is 30.7 Å². The molecule has 2 amide bonds. The molecule has 2 N–H and O–H groups in total. The van der Waals surface area contributed by atoms with Crippen LogP contribution >= 0.6 is 0 Å². The number of rotatable bonds is 14. The SMILES string of the molecule is CCCCCCOC(=O)/N=C(\N)c1ccc(Cc2nc3cc(C(=O)N(CCC(=O)OCC)c4ccccn4)cc4c3n2CCC4)cc1. The summed E-state index contributed by atoms with van der Waals surface area (Å²) in [6.07, 6.45) is 7.40. The summed E-state index contributed by atoms with van der Waals surface area (Å²) in [5.41, 5.74) is 11.1. The highest BCUT2D eigenvalue weighted by molar-refractivity contribution is 6.08. The fourth-order valence-corrected chi connectivity index (χ4v) is 5.81. The second-order valence-corrected chi connectivity index (χ2v) is 11.5. The van der Waals surface area contributed by atoms with Crippen molar-refractivity contribution in [2.45, 2.75) is 71.8 Å². The van der Waals surface area contributed by atoms with Crippen molar-refractivity contribution in [3.63, 3.8) is 0 Å². The largest absolute Gasteiger partial charge is 0.466 e. The average molecular weight is 639 g/mol. The summed E-state index contributed by atoms with van der Waals surface area (Å²) in [7, 11) is 0. The maximum absolute atomic E-state index is 13.9. The van der Waals surface area contributed by atoms with E-state index >= 15 is 0 Å². The summed E-state index contributed by atoms with van der Waals surface area (Å²) < 4.78 is 12.5. The Balaban J connectivity index is 1.33. The summed E-state index contributed by atoms with van der Waals surface area (Å²) in [6, 6.07) is 16.7. The minimum absolute atomic E-state index is 0.0591. The summed E-state index contributed by atoms with van der Waals surface area (Å²) in [6.45, 7) is 5.49. The number of pyridine rings is 1. The molecular formula is C36H42N6O5. The van der Waals surface area contributed by atoms with E-state index in [1.807, 2.05) is 42.5 Å². The minimum atomic E-state index is -0.679. The Morgan fingerprint density at radius 2 is 1.83 bits per heavy atom. The van der Waals surface area contributed by atoms with Gasteiger partial charge >= 0.3 is 12.1 Å². The fraction of sp³-hybridized carbons (Fsp3) is 0.389. The molecule has 0 saturated carbocycles. The van der Waals surface area contributed by atoms with Crippen LogP contribution in [0.1, 0.15) is 85.2 Å². The lowest BCUT2D eigenvalue weighted by molar-refractivity contribution is -0.142. The van der Waals surface area contributed by atoms with Crippen LogP contribution < -0.4 is 10.6 Å². The standard InChI is InChI=1S/C36H42N6O5/c1-3-5-6-9-21-47-36(45)40-34(37)26-15-13-25(14-16-26)22-31-39-29-24-28(23-27-11-10-19-41(31)33(27)29)35(44)42(20-17-32(43)46-4-2)30-12-7-8-18-38-30/h7-8,12-16,18,23-24H,3-6,9-11,17,19-22H2,1-2H3,(H2,37,40,45). The quantitative estimate of drug-likeness (QED) is 0.0768. The summed E-state index contributed by atoms with van der Waals surface area (Å²) in [5, 5.41) is 0. The average Bonchev–Trinajstić information content (AvgIpc) is 3.43. The number of aliphatic imine (C=N–C) groups is 1. The molecule has 0 spiro atoms. The molecule has 47 heavy (non-hydrogen) atoms. The van der Waals surface area contributed by atoms with Gasteiger partial charge < -0.3 is 19.8 Å². The van der Waals surface area contributed by atoms with Gasteiger partial charge in [-0.25, -0.2) is 14.8 Å². The van der Waals surface area contributed by atoms with E-state index in [1.165, 1.54) is 4.90 Å². The van der Waals surface area contributed by atoms with Crippen LogP contribution in [0.3, 0.4) is 0 Å². The van der Waals surface area contributed by atoms with Crippen LogP contribution in [0.4, 0.5) is 10.6 Å². The highest BCUT2D eigenvalue weighted by atomic mass is 16.5. The predicted octanol–water partition coefficient (Wildman–Crippen LogP) is 5.99. The number of amidine groups is 1. The van der Waals surface area contributed by atoms with Gasteiger partial charge in [-0.05, 0) is 61.6 Å². The number of nitrogens with zero attached hydrogens (tertiary/aromatic N) is 5. The third-order valence-electron chi connectivity index (χ3n) is 8.14. The van der Waals surface area contributed by atoms with E-state index in [-0.39, 0.29) is 37.3 Å². The van der Waals surface area contributed by atoms with Crippen molar-refractivity contribution in [1.29, 1.82) is 0 Å². The molecule has 4 aromatic rings. The zero-order valence-electron chi connectivity index (χ0n) is 27.1. The smallest absolute Gasteiger partial charge is 0.435 e. The van der Waals surface area contributed by atoms with Gasteiger partial charge in [0.15, 0.2) is 0 Å². The number of amides is 2. The van der Waals surface area contributed by atoms with E-state index in [2.05, 4.69) is 21.5 Å². The van der Waals surface area contributed by atoms with Crippen LogP contribution in [-0.2, 0) is 33.7 Å². The van der Waals surface area contributed by atoms with Gasteiger partial charge in [-0.1, -0.05) is 56.5 Å². The molecular weight excluding hydrogens is 596 g/mol. The summed E-state index contributed by atoms with van der Waals surface area (Å²) in [5.74, 6) is 0.864. The van der Waals surface area contributed by atoms with Crippen molar-refractivity contribution in [2.75, 3.05) is 24.7 Å². The lowest BCUT2D eigenvalue weighted by atomic mass is 10.0. The van der Waals surface area contributed by atoms with Crippen molar-refractivity contribution in [3.05, 3.63) is 88.9 Å². The normalized spacial score (nSPS) is 12.6. The Kier molecular flexibility index (Phi) is 11.3. The van der Waals surface area contributed by atoms with Gasteiger partial charge in [-0.2, -0.15) is 4.99 Å². The number of benzene rings is 2. The topological polar surface area (TPSA) is 142 Å². The number of nitrogens with two attached hydrogens (primary N) is 1. The first-order chi connectivity index (χ1) is 22.9. The zero-order valence-corrected chi connectivity index (χ0v) is 27.1. The van der Waals surface area contributed by atoms with Gasteiger partial charge in [0, 0.05) is 36.8 Å². The molecule has 2 aromatic heterocycles. The van der Waals surface area contributed by atoms with E-state index in [4.69, 9.17) is 20.2 Å². The van der Waals surface area contributed by atoms with Crippen molar-refractivity contribution in [1.82, 2.24) is 14.5 Å². The number of imidazole rings is 1. The third-order valence-corrected chi connectivity index (χ3v) is 8.14. The molecule has 11 heteroatoms. The third kappa shape index (κ3) is 8.41. The van der Waals surface area contributed by atoms with E-state index < -0.39 is 6.09 Å². The van der Waals surface area contributed by atoms with Gasteiger partial charge in [0.1, 0.15) is 17.5 Å². The summed E-state index contributed by atoms with van der Waals surface area (Å²) in [4.78, 5) is 52.9. The number of carbonyl (C=O) groups excluding carboxylic acids is 3. The number of ether oxygens (including phenoxy) is 2. The highest BCUT2D eigenvalue weighted by Crippen LogP contribution is 2.30. The Morgan fingerprint density at radius 3 is 2.57 bits per heavy atom. The lowest BCUT2D eigenvalue weighted by Crippen LogP contribution is -2.34. The van der Waals surface area contributed by atoms with E-state index in [9.17, 15) is 14.4 Å². The van der Waals surface area contributed by atoms with E-state index in [0.29, 0.717) is 30.0 Å². The second kappa shape index (κ2) is 16.0. The lowest BCUT2D eigenvalue weighted by Gasteiger charge is -2.23. The number of hydrogen-bond donors (Lipinski definition) is 1. The molecule has 0 bridgehead atoms. The molecule has 0 atom stereocenters. The Bertz CT molecular complexity index is 1730. The zero-order chi connectivity index (χ0) is 33.2. The number of anilines is 1. The van der Waals surface area contributed by atoms with Crippen LogP contribution in [-0.4, -0.2) is 58.1 Å². The van der Waals surface area contributed by atoms with Crippen LogP contribution in [0.25, 0.3) is 11.0 Å². The molecule has 2 aromatic carbocycles. The molecule has 0 fully saturated rings. The van der Waals surface area contributed by atoms with Crippen molar-refractivity contribution >= 4 is 40.7 Å². The van der Waals surface area contributed by atoms with Crippen LogP contribution in [0.15, 0.2) is 65.8 Å². The fourth-order valence-electron chi connectivity index (χ4n) is 5.81. The highest BCUT2D eigenvalue weighted by Gasteiger charge is 2.25. The second-order valence-electron chi connectivity index (χ2n) is 11.5. The molecule has 1 aliphatic heterocycles. The maximum atomic E-state index is 13.9. The van der Waals surface area contributed by atoms with Crippen LogP contribution in [0, 0.1) is 0 Å². The Morgan fingerprint density at radius 1 is 1.00 bits per heavy atom. The number of esters is 1. The van der Waals surface area contributed by atoms with Crippen molar-refractivity contribution < 1.29 is 23.9 Å². The monoisotopic (exact) mass is 638 g/mol. The van der Waals surface area contributed by atoms with E-state index in [0.717, 1.165) is 73.1 Å². The first-order valence-corrected chi connectivity index (χ1v) is 16.4. The molecule has 1 aliphatic rings. The van der Waals surface area contributed by atoms with Gasteiger partial charge in [0.2, 0.25) is 0 Å². The molecule has 0 unspecified atom stereocenters. The minimum Gasteiger partial charge on any atom is -0.466 e. The van der Waals surface area contributed by atoms with Crippen LogP contribution in [0.5, 0.6) is 0 Å². The maximum Gasteiger partial charge on any atom is 0.435 e. The first-order valence-electron chi connectivity index (χ1n) is 16.4. The van der Waals surface area contributed by atoms with Gasteiger partial charge in [-0.15, -0.1) is 0 Å². The number of unbranched alkanes of at least 4 members (excludes halogenated alkanes) is 3. The van der Waals surface area contributed by atoms with Crippen molar-refractivity contribution in [2.24, 2.45) is 10.7 Å². The van der Waals surface area contributed by atoms with Crippen LogP contribution in [0.2, 0.25) is 0 Å². The van der Waals surface area contributed by atoms with Crippen molar-refractivity contribution in [3.8, 4) is 0 Å². The Hall–Kier alpha value is -5.06.